The SMILES string of the molecule is Cc1ncc(C#N)c(Oc2cc(Br)ccc2Cl)n1. The lowest BCUT2D eigenvalue weighted by Gasteiger charge is -2.08. The number of nitriles is 1. The molecule has 0 unspecified atom stereocenters. The van der Waals surface area contributed by atoms with Crippen LogP contribution in [0.4, 0.5) is 0 Å². The first kappa shape index (κ1) is 12.8. The topological polar surface area (TPSA) is 58.8 Å². The molecule has 2 rings (SSSR count). The number of aryl methyl sites for hydroxylation is 1. The minimum Gasteiger partial charge on any atom is -0.436 e. The summed E-state index contributed by atoms with van der Waals surface area (Å²) in [5, 5.41) is 9.40. The van der Waals surface area contributed by atoms with Crippen molar-refractivity contribution in [1.82, 2.24) is 9.97 Å². The zero-order chi connectivity index (χ0) is 13.1. The molecule has 0 amide bonds. The van der Waals surface area contributed by atoms with Gasteiger partial charge in [0.15, 0.2) is 0 Å². The van der Waals surface area contributed by atoms with Crippen LogP contribution in [0.2, 0.25) is 5.02 Å². The van der Waals surface area contributed by atoms with E-state index >= 15 is 0 Å². The molecule has 1 aromatic carbocycles. The highest BCUT2D eigenvalue weighted by atomic mass is 79.9. The van der Waals surface area contributed by atoms with Crippen LogP contribution in [0.15, 0.2) is 28.9 Å². The first-order chi connectivity index (χ1) is 8.60. The van der Waals surface area contributed by atoms with Gasteiger partial charge in [-0.15, -0.1) is 0 Å². The summed E-state index contributed by atoms with van der Waals surface area (Å²) in [6.07, 6.45) is 1.42. The first-order valence-electron chi connectivity index (χ1n) is 4.97. The van der Waals surface area contributed by atoms with E-state index < -0.39 is 0 Å². The van der Waals surface area contributed by atoms with Crippen molar-refractivity contribution in [3.63, 3.8) is 0 Å². The van der Waals surface area contributed by atoms with E-state index in [1.807, 2.05) is 6.07 Å². The molecule has 0 saturated carbocycles. The first-order valence-corrected chi connectivity index (χ1v) is 6.14. The highest BCUT2D eigenvalue weighted by molar-refractivity contribution is 9.10. The number of aromatic nitrogens is 2. The van der Waals surface area contributed by atoms with Crippen LogP contribution in [0, 0.1) is 18.3 Å². The van der Waals surface area contributed by atoms with Gasteiger partial charge in [0, 0.05) is 4.47 Å². The summed E-state index contributed by atoms with van der Waals surface area (Å²) in [5.74, 6) is 1.15. The van der Waals surface area contributed by atoms with E-state index in [4.69, 9.17) is 21.6 Å². The van der Waals surface area contributed by atoms with Gasteiger partial charge in [0.1, 0.15) is 23.2 Å². The molecule has 0 saturated heterocycles. The Balaban J connectivity index is 2.43. The van der Waals surface area contributed by atoms with Crippen LogP contribution in [0.3, 0.4) is 0 Å². The molecule has 6 heteroatoms. The van der Waals surface area contributed by atoms with Gasteiger partial charge in [-0.05, 0) is 25.1 Å². The normalized spacial score (nSPS) is 9.89. The van der Waals surface area contributed by atoms with Crippen molar-refractivity contribution in [1.29, 1.82) is 5.26 Å². The maximum atomic E-state index is 8.96. The second-order valence-corrected chi connectivity index (χ2v) is 4.75. The molecule has 18 heavy (non-hydrogen) atoms. The predicted molar refractivity (Wildman–Crippen MR) is 70.7 cm³/mol. The molecule has 0 spiro atoms. The molecular weight excluding hydrogens is 318 g/mol. The van der Waals surface area contributed by atoms with Crippen molar-refractivity contribution in [3.8, 4) is 17.7 Å². The molecule has 0 bridgehead atoms. The number of hydrogen-bond donors (Lipinski definition) is 0. The third-order valence-corrected chi connectivity index (χ3v) is 2.90. The summed E-state index contributed by atoms with van der Waals surface area (Å²) >= 11 is 9.33. The highest BCUT2D eigenvalue weighted by Gasteiger charge is 2.10. The van der Waals surface area contributed by atoms with Gasteiger partial charge in [0.2, 0.25) is 5.88 Å². The smallest absolute Gasteiger partial charge is 0.240 e. The van der Waals surface area contributed by atoms with Gasteiger partial charge >= 0.3 is 0 Å². The van der Waals surface area contributed by atoms with Gasteiger partial charge in [-0.1, -0.05) is 27.5 Å². The maximum absolute atomic E-state index is 8.96. The van der Waals surface area contributed by atoms with Gasteiger partial charge < -0.3 is 4.74 Å². The Labute approximate surface area is 117 Å². The lowest BCUT2D eigenvalue weighted by atomic mass is 10.3. The minimum absolute atomic E-state index is 0.199. The van der Waals surface area contributed by atoms with E-state index in [0.29, 0.717) is 16.6 Å². The van der Waals surface area contributed by atoms with Crippen molar-refractivity contribution in [2.75, 3.05) is 0 Å². The van der Waals surface area contributed by atoms with Crippen molar-refractivity contribution in [2.45, 2.75) is 6.92 Å². The van der Waals surface area contributed by atoms with Crippen molar-refractivity contribution < 1.29 is 4.74 Å². The van der Waals surface area contributed by atoms with Crippen molar-refractivity contribution >= 4 is 27.5 Å². The van der Waals surface area contributed by atoms with E-state index in [1.54, 1.807) is 25.1 Å². The van der Waals surface area contributed by atoms with E-state index in [1.165, 1.54) is 6.20 Å². The Kier molecular flexibility index (Phi) is 3.80. The van der Waals surface area contributed by atoms with E-state index in [2.05, 4.69) is 25.9 Å². The molecule has 1 heterocycles. The highest BCUT2D eigenvalue weighted by Crippen LogP contribution is 2.32. The Morgan fingerprint density at radius 2 is 2.22 bits per heavy atom. The molecule has 0 radical (unpaired) electrons. The van der Waals surface area contributed by atoms with Crippen LogP contribution >= 0.6 is 27.5 Å². The fourth-order valence-corrected chi connectivity index (χ4v) is 1.76. The largest absolute Gasteiger partial charge is 0.436 e. The molecule has 90 valence electrons. The zero-order valence-electron chi connectivity index (χ0n) is 9.32. The lowest BCUT2D eigenvalue weighted by Crippen LogP contribution is -1.96. The fraction of sp³-hybridized carbons (Fsp3) is 0.0833. The van der Waals surface area contributed by atoms with Crippen molar-refractivity contribution in [2.24, 2.45) is 0 Å². The number of rotatable bonds is 2. The standard InChI is InChI=1S/C12H7BrClN3O/c1-7-16-6-8(5-15)12(17-7)18-11-4-9(13)2-3-10(11)14/h2-4,6H,1H3. The van der Waals surface area contributed by atoms with Crippen LogP contribution in [0.25, 0.3) is 0 Å². The Hall–Kier alpha value is -1.64. The second-order valence-electron chi connectivity index (χ2n) is 3.42. The molecule has 1 aromatic heterocycles. The molecule has 0 atom stereocenters. The third kappa shape index (κ3) is 2.78. The molecule has 0 aliphatic heterocycles. The monoisotopic (exact) mass is 323 g/mol. The number of ether oxygens (including phenoxy) is 1. The summed E-state index contributed by atoms with van der Waals surface area (Å²) in [6.45, 7) is 1.72. The van der Waals surface area contributed by atoms with Gasteiger partial charge in [-0.2, -0.15) is 10.2 Å². The lowest BCUT2D eigenvalue weighted by molar-refractivity contribution is 0.458. The summed E-state index contributed by atoms with van der Waals surface area (Å²) < 4.78 is 6.38. The number of halogens is 2. The fourth-order valence-electron chi connectivity index (χ4n) is 1.26. The molecule has 0 fully saturated rings. The average Bonchev–Trinajstić information content (AvgIpc) is 2.34. The average molecular weight is 325 g/mol. The zero-order valence-corrected chi connectivity index (χ0v) is 11.7. The van der Waals surface area contributed by atoms with Crippen LogP contribution in [-0.4, -0.2) is 9.97 Å². The Bertz CT molecular complexity index is 640. The molecule has 2 aromatic rings. The molecular formula is C12H7BrClN3O. The van der Waals surface area contributed by atoms with Crippen LogP contribution < -0.4 is 4.74 Å². The van der Waals surface area contributed by atoms with E-state index in [-0.39, 0.29) is 11.4 Å². The van der Waals surface area contributed by atoms with E-state index in [9.17, 15) is 0 Å². The van der Waals surface area contributed by atoms with Gasteiger partial charge in [-0.25, -0.2) is 4.98 Å². The van der Waals surface area contributed by atoms with Crippen LogP contribution in [-0.2, 0) is 0 Å². The Morgan fingerprint density at radius 3 is 2.94 bits per heavy atom. The van der Waals surface area contributed by atoms with Crippen LogP contribution in [0.5, 0.6) is 11.6 Å². The number of benzene rings is 1. The number of hydrogen-bond acceptors (Lipinski definition) is 4. The van der Waals surface area contributed by atoms with Gasteiger partial charge in [-0.3, -0.25) is 0 Å². The number of nitrogens with zero attached hydrogens (tertiary/aromatic N) is 3. The van der Waals surface area contributed by atoms with Gasteiger partial charge in [0.05, 0.1) is 11.2 Å². The summed E-state index contributed by atoms with van der Waals surface area (Å²) in [4.78, 5) is 8.02. The summed E-state index contributed by atoms with van der Waals surface area (Å²) in [5.41, 5.74) is 0.261. The van der Waals surface area contributed by atoms with E-state index in [0.717, 1.165) is 4.47 Å². The van der Waals surface area contributed by atoms with Crippen molar-refractivity contribution in [3.05, 3.63) is 45.3 Å². The third-order valence-electron chi connectivity index (χ3n) is 2.09. The molecule has 0 aliphatic carbocycles. The summed E-state index contributed by atoms with van der Waals surface area (Å²) in [6, 6.07) is 7.17. The maximum Gasteiger partial charge on any atom is 0.240 e. The second kappa shape index (κ2) is 5.34. The molecule has 0 N–H and O–H groups in total. The summed E-state index contributed by atoms with van der Waals surface area (Å²) in [7, 11) is 0. The van der Waals surface area contributed by atoms with Crippen LogP contribution in [0.1, 0.15) is 11.4 Å². The van der Waals surface area contributed by atoms with Gasteiger partial charge in [0.25, 0.3) is 0 Å². The molecule has 4 nitrogen and oxygen atoms in total. The predicted octanol–water partition coefficient (Wildman–Crippen LogP) is 3.86. The Morgan fingerprint density at radius 1 is 1.44 bits per heavy atom. The quantitative estimate of drug-likeness (QED) is 0.841. The molecule has 0 aliphatic rings. The minimum atomic E-state index is 0.199.